The number of Topliss-reactive ketones (excluding diaryl/α,β-unsaturated/α-hetero) is 4. The molecule has 8 unspecified atom stereocenters. The van der Waals surface area contributed by atoms with Crippen LogP contribution in [0, 0.1) is 11.8 Å². The van der Waals surface area contributed by atoms with E-state index in [2.05, 4.69) is 31.9 Å². The monoisotopic (exact) mass is 1680 g/mol. The fourth-order valence-electron chi connectivity index (χ4n) is 13.4. The lowest BCUT2D eigenvalue weighted by Crippen LogP contribution is -2.64. The SMILES string of the molecule is CC(=O)NC1[C@H](OCCCCC(=O)NCCCNC(=O)CCOCC(COCCC(=O)CCCCCC(=O)CCCCO[C@@H]2OC(CO)[C@H](O)[C@H](O)C2C)(COCCC(=O)CCCCCC(=O)CCCCO[C@@H]2CC(CO)[C@H](O)[C@H](O)C2NC(C)=O)NC(=O)CCCC(=O)NCCCCCCOP(=O)(O)C(C)C)OC(CO)[C@H](O)[C@@H]1O. The Hall–Kier alpha value is -5.03. The van der Waals surface area contributed by atoms with Crippen LogP contribution in [0.25, 0.3) is 0 Å². The number of rotatable bonds is 68. The van der Waals surface area contributed by atoms with Crippen LogP contribution in [0.15, 0.2) is 0 Å². The lowest BCUT2D eigenvalue weighted by Gasteiger charge is -2.42. The molecule has 0 aromatic carbocycles. The molecule has 1 saturated carbocycles. The zero-order chi connectivity index (χ0) is 85.9. The van der Waals surface area contributed by atoms with E-state index in [-0.39, 0.29) is 191 Å². The van der Waals surface area contributed by atoms with E-state index in [0.29, 0.717) is 129 Å². The van der Waals surface area contributed by atoms with Crippen LogP contribution < -0.4 is 31.9 Å². The third-order valence-corrected chi connectivity index (χ3v) is 22.4. The molecule has 2 heterocycles. The number of carbonyl (C=O) groups excluding carboxylic acids is 10. The Kier molecular flexibility index (Phi) is 54.8. The Bertz CT molecular complexity index is 2790. The molecular formula is C79H141N6O30P. The molecule has 3 rings (SSSR count). The Morgan fingerprint density at radius 2 is 0.802 bits per heavy atom. The van der Waals surface area contributed by atoms with Crippen molar-refractivity contribution in [1.29, 1.82) is 0 Å². The number of ether oxygens (including phenoxy) is 8. The minimum atomic E-state index is -3.66. The van der Waals surface area contributed by atoms with Gasteiger partial charge in [0, 0.05) is 149 Å². The van der Waals surface area contributed by atoms with Crippen LogP contribution in [0.3, 0.4) is 0 Å². The van der Waals surface area contributed by atoms with Crippen molar-refractivity contribution in [3.05, 3.63) is 0 Å². The van der Waals surface area contributed by atoms with Gasteiger partial charge in [0.25, 0.3) is 0 Å². The molecule has 672 valence electrons. The highest BCUT2D eigenvalue weighted by atomic mass is 31.2. The molecule has 0 bridgehead atoms. The lowest BCUT2D eigenvalue weighted by atomic mass is 9.79. The molecule has 0 aromatic rings. The maximum Gasteiger partial charge on any atom is 0.330 e. The summed E-state index contributed by atoms with van der Waals surface area (Å²) in [5, 5.41) is 108. The van der Waals surface area contributed by atoms with Crippen molar-refractivity contribution in [1.82, 2.24) is 31.9 Å². The standard InChI is InChI=1S/C79H141N6O30P/c1-53(2)116(105,106)113-42-18-7-6-17-36-80-66(96)31-22-32-68(98)85-79(51-108-44-34-61(94)27-13-9-11-25-59(92)29-15-20-40-111-77-54(3)71(99)73(101)63(48-87)114-77,50-107-43-33-60(93)26-12-8-10-24-58(91)28-14-19-39-110-62-46-57(47-86)72(100)75(103)69(62)83-55(4)89)52-109-45-35-67(97)82-38-23-37-81-65(95)30-16-21-41-112-78-70(84-56(5)90)76(104)74(102)64(49-88)115-78/h53-54,57,62-64,69-78,86-88,99-104H,6-52H2,1-5H3,(H,80,96)(H,81,95)(H,82,97)(H,83,89)(H,84,90)(H,85,98)(H,105,106)/t54?,57?,62-,63?,64?,69?,70?,71-,72+,73+,74+,75-,76-,77-,78-,79?/m1/s1. The van der Waals surface area contributed by atoms with Crippen LogP contribution in [-0.2, 0) is 94.9 Å². The van der Waals surface area contributed by atoms with Crippen molar-refractivity contribution >= 4 is 66.2 Å². The number of nitrogens with one attached hydrogen (secondary N) is 6. The number of ketones is 4. The Labute approximate surface area is 683 Å². The third-order valence-electron chi connectivity index (χ3n) is 20.6. The van der Waals surface area contributed by atoms with Crippen LogP contribution in [0.5, 0.6) is 0 Å². The maximum absolute atomic E-state index is 14.0. The molecule has 116 heavy (non-hydrogen) atoms. The smallest absolute Gasteiger partial charge is 0.330 e. The minimum Gasteiger partial charge on any atom is -0.396 e. The molecule has 0 spiro atoms. The fourth-order valence-corrected chi connectivity index (χ4v) is 14.1. The average Bonchev–Trinajstić information content (AvgIpc) is 0.813. The normalized spacial score (nSPS) is 24.5. The van der Waals surface area contributed by atoms with Crippen LogP contribution in [0.4, 0.5) is 0 Å². The van der Waals surface area contributed by atoms with Gasteiger partial charge in [-0.2, -0.15) is 0 Å². The Balaban J connectivity index is 1.58. The van der Waals surface area contributed by atoms with Gasteiger partial charge in [-0.15, -0.1) is 0 Å². The number of aliphatic hydroxyl groups is 9. The molecule has 3 fully saturated rings. The number of unbranched alkanes of at least 4 members (excludes halogenated alkanes) is 10. The van der Waals surface area contributed by atoms with Crippen molar-refractivity contribution in [3.8, 4) is 0 Å². The summed E-state index contributed by atoms with van der Waals surface area (Å²) in [7, 11) is -3.66. The topological polar surface area (TPSA) is 545 Å². The third kappa shape index (κ3) is 44.0. The molecule has 2 aliphatic heterocycles. The first-order chi connectivity index (χ1) is 55.4. The zero-order valence-corrected chi connectivity index (χ0v) is 70.0. The Morgan fingerprint density at radius 3 is 1.30 bits per heavy atom. The van der Waals surface area contributed by atoms with Gasteiger partial charge in [-0.1, -0.05) is 46.5 Å². The van der Waals surface area contributed by atoms with E-state index < -0.39 is 141 Å². The highest BCUT2D eigenvalue weighted by Crippen LogP contribution is 2.47. The van der Waals surface area contributed by atoms with Crippen LogP contribution in [-0.4, -0.2) is 306 Å². The van der Waals surface area contributed by atoms with Crippen molar-refractivity contribution in [3.63, 3.8) is 0 Å². The van der Waals surface area contributed by atoms with Crippen molar-refractivity contribution in [2.45, 2.75) is 324 Å². The first-order valence-corrected chi connectivity index (χ1v) is 43.5. The summed E-state index contributed by atoms with van der Waals surface area (Å²) in [6.07, 6.45) is -1.08. The van der Waals surface area contributed by atoms with Crippen LogP contribution in [0.2, 0.25) is 0 Å². The molecule has 37 heteroatoms. The average molecular weight is 1690 g/mol. The lowest BCUT2D eigenvalue weighted by molar-refractivity contribution is -0.282. The molecule has 6 amide bonds. The summed E-state index contributed by atoms with van der Waals surface area (Å²) in [6.45, 7) is 6.47. The van der Waals surface area contributed by atoms with Gasteiger partial charge < -0.3 is 125 Å². The van der Waals surface area contributed by atoms with E-state index in [1.807, 2.05) is 0 Å². The molecule has 1 aliphatic carbocycles. The summed E-state index contributed by atoms with van der Waals surface area (Å²) in [5.74, 6) is -3.55. The van der Waals surface area contributed by atoms with Gasteiger partial charge in [0.2, 0.25) is 35.4 Å². The highest BCUT2D eigenvalue weighted by molar-refractivity contribution is 7.53. The largest absolute Gasteiger partial charge is 0.396 e. The summed E-state index contributed by atoms with van der Waals surface area (Å²) < 4.78 is 64.2. The molecule has 2 saturated heterocycles. The second-order valence-corrected chi connectivity index (χ2v) is 33.5. The summed E-state index contributed by atoms with van der Waals surface area (Å²) >= 11 is 0. The van der Waals surface area contributed by atoms with Gasteiger partial charge in [0.15, 0.2) is 12.6 Å². The number of amides is 6. The van der Waals surface area contributed by atoms with Gasteiger partial charge in [0.1, 0.15) is 71.3 Å². The number of hydrogen-bond donors (Lipinski definition) is 16. The predicted molar refractivity (Wildman–Crippen MR) is 421 cm³/mol. The summed E-state index contributed by atoms with van der Waals surface area (Å²) in [6, 6.07) is -1.96. The predicted octanol–water partition coefficient (Wildman–Crippen LogP) is 1.51. The first kappa shape index (κ1) is 105. The summed E-state index contributed by atoms with van der Waals surface area (Å²) in [4.78, 5) is 138. The van der Waals surface area contributed by atoms with E-state index >= 15 is 0 Å². The molecule has 0 aromatic heterocycles. The molecule has 17 atom stereocenters. The van der Waals surface area contributed by atoms with E-state index in [9.17, 15) is 103 Å². The number of carbonyl (C=O) groups is 10. The van der Waals surface area contributed by atoms with E-state index in [0.717, 1.165) is 12.8 Å². The number of hydrogen-bond acceptors (Lipinski definition) is 29. The second kappa shape index (κ2) is 60.5. The Morgan fingerprint density at radius 1 is 0.414 bits per heavy atom. The molecular weight excluding hydrogens is 1540 g/mol. The van der Waals surface area contributed by atoms with Gasteiger partial charge in [-0.05, 0) is 96.3 Å². The first-order valence-electron chi connectivity index (χ1n) is 41.9. The van der Waals surface area contributed by atoms with E-state index in [1.165, 1.54) is 13.8 Å². The molecule has 16 N–H and O–H groups in total. The van der Waals surface area contributed by atoms with Gasteiger partial charge >= 0.3 is 7.60 Å². The van der Waals surface area contributed by atoms with Gasteiger partial charge in [0.05, 0.1) is 89.5 Å². The molecule has 36 nitrogen and oxygen atoms in total. The number of aliphatic hydroxyl groups excluding tert-OH is 9. The second-order valence-electron chi connectivity index (χ2n) is 31.1. The minimum absolute atomic E-state index is 0.00363. The van der Waals surface area contributed by atoms with Crippen molar-refractivity contribution in [2.75, 3.05) is 106 Å². The fraction of sp³-hybridized carbons (Fsp3) is 0.873. The van der Waals surface area contributed by atoms with Crippen molar-refractivity contribution < 1.29 is 146 Å². The van der Waals surface area contributed by atoms with Gasteiger partial charge in [-0.3, -0.25) is 52.5 Å². The summed E-state index contributed by atoms with van der Waals surface area (Å²) in [5.41, 5.74) is -1.96. The van der Waals surface area contributed by atoms with E-state index in [1.54, 1.807) is 20.8 Å². The highest BCUT2D eigenvalue weighted by Gasteiger charge is 2.47. The van der Waals surface area contributed by atoms with Crippen LogP contribution in [0.1, 0.15) is 234 Å². The molecule has 0 radical (unpaired) electrons. The van der Waals surface area contributed by atoms with E-state index in [4.69, 9.17) is 42.4 Å². The molecule has 3 aliphatic rings. The van der Waals surface area contributed by atoms with Crippen LogP contribution >= 0.6 is 7.60 Å². The van der Waals surface area contributed by atoms with Crippen molar-refractivity contribution in [2.24, 2.45) is 11.8 Å². The van der Waals surface area contributed by atoms with Gasteiger partial charge in [-0.25, -0.2) is 0 Å². The maximum atomic E-state index is 14.0. The quantitative estimate of drug-likeness (QED) is 0.0303. The zero-order valence-electron chi connectivity index (χ0n) is 69.1.